The molecule has 0 radical (unpaired) electrons. The molecule has 0 bridgehead atoms. The van der Waals surface area contributed by atoms with Crippen LogP contribution in [0.4, 0.5) is 0 Å². The molecule has 2 fully saturated rings. The van der Waals surface area contributed by atoms with Gasteiger partial charge < -0.3 is 20.1 Å². The van der Waals surface area contributed by atoms with E-state index in [-0.39, 0.29) is 24.4 Å². The molecule has 0 aromatic carbocycles. The van der Waals surface area contributed by atoms with Crippen molar-refractivity contribution in [2.24, 2.45) is 5.73 Å². The highest BCUT2D eigenvalue weighted by molar-refractivity contribution is 5.86. The maximum absolute atomic E-state index is 12.4. The number of nitrogens with zero attached hydrogens (tertiary/aromatic N) is 1. The van der Waals surface area contributed by atoms with Crippen molar-refractivity contribution in [3.8, 4) is 0 Å². The molecule has 1 amide bonds. The summed E-state index contributed by atoms with van der Waals surface area (Å²) in [6, 6.07) is 0. The first-order valence-electron chi connectivity index (χ1n) is 6.34. The molecule has 0 spiro atoms. The second kappa shape index (κ2) is 6.70. The highest BCUT2D eigenvalue weighted by Gasteiger charge is 2.41. The normalized spacial score (nSPS) is 26.8. The zero-order valence-electron chi connectivity index (χ0n) is 10.9. The minimum atomic E-state index is -0.616. The van der Waals surface area contributed by atoms with Crippen molar-refractivity contribution in [2.75, 3.05) is 33.4 Å². The Morgan fingerprint density at radius 1 is 1.50 bits per heavy atom. The third-order valence-electron chi connectivity index (χ3n) is 3.70. The molecule has 0 aromatic heterocycles. The molecule has 1 heterocycles. The largest absolute Gasteiger partial charge is 0.382 e. The quantitative estimate of drug-likeness (QED) is 0.819. The summed E-state index contributed by atoms with van der Waals surface area (Å²) >= 11 is 0. The summed E-state index contributed by atoms with van der Waals surface area (Å²) in [6.45, 7) is 2.36. The Bertz CT molecular complexity index is 280. The third-order valence-corrected chi connectivity index (χ3v) is 3.70. The van der Waals surface area contributed by atoms with Gasteiger partial charge in [-0.05, 0) is 12.8 Å². The molecule has 2 aliphatic rings. The van der Waals surface area contributed by atoms with Gasteiger partial charge in [-0.3, -0.25) is 4.79 Å². The lowest BCUT2D eigenvalue weighted by Crippen LogP contribution is -2.58. The minimum absolute atomic E-state index is 0. The van der Waals surface area contributed by atoms with Gasteiger partial charge in [0.25, 0.3) is 0 Å². The van der Waals surface area contributed by atoms with Crippen LogP contribution in [0.1, 0.15) is 25.7 Å². The SMILES string of the molecule is COCC1CN(C(=O)C2(N)CCCC2)CCO1.Cl. The highest BCUT2D eigenvalue weighted by Crippen LogP contribution is 2.29. The van der Waals surface area contributed by atoms with Crippen LogP contribution in [0.3, 0.4) is 0 Å². The van der Waals surface area contributed by atoms with Crippen LogP contribution < -0.4 is 5.73 Å². The van der Waals surface area contributed by atoms with E-state index in [1.165, 1.54) is 0 Å². The van der Waals surface area contributed by atoms with Gasteiger partial charge in [0.1, 0.15) is 0 Å². The zero-order valence-corrected chi connectivity index (χ0v) is 11.7. The molecule has 1 unspecified atom stereocenters. The van der Waals surface area contributed by atoms with Crippen LogP contribution in [-0.4, -0.2) is 55.9 Å². The maximum Gasteiger partial charge on any atom is 0.242 e. The van der Waals surface area contributed by atoms with E-state index in [4.69, 9.17) is 15.2 Å². The van der Waals surface area contributed by atoms with Crippen molar-refractivity contribution in [3.05, 3.63) is 0 Å². The number of amides is 1. The van der Waals surface area contributed by atoms with Gasteiger partial charge in [-0.25, -0.2) is 0 Å². The molecule has 1 aliphatic carbocycles. The molecule has 106 valence electrons. The molecular formula is C12H23ClN2O3. The lowest BCUT2D eigenvalue weighted by Gasteiger charge is -2.37. The van der Waals surface area contributed by atoms with Crippen LogP contribution in [0.5, 0.6) is 0 Å². The zero-order chi connectivity index (χ0) is 12.3. The van der Waals surface area contributed by atoms with Gasteiger partial charge in [0.15, 0.2) is 0 Å². The average molecular weight is 279 g/mol. The number of halogens is 1. The van der Waals surface area contributed by atoms with Gasteiger partial charge in [0.2, 0.25) is 5.91 Å². The summed E-state index contributed by atoms with van der Waals surface area (Å²) in [7, 11) is 1.64. The molecule has 1 aliphatic heterocycles. The van der Waals surface area contributed by atoms with E-state index < -0.39 is 5.54 Å². The molecular weight excluding hydrogens is 256 g/mol. The van der Waals surface area contributed by atoms with Crippen LogP contribution in [0.25, 0.3) is 0 Å². The van der Waals surface area contributed by atoms with Gasteiger partial charge in [-0.2, -0.15) is 0 Å². The number of morpholine rings is 1. The highest BCUT2D eigenvalue weighted by atomic mass is 35.5. The van der Waals surface area contributed by atoms with E-state index in [1.54, 1.807) is 7.11 Å². The first kappa shape index (κ1) is 15.7. The molecule has 18 heavy (non-hydrogen) atoms. The predicted octanol–water partition coefficient (Wildman–Crippen LogP) is 0.553. The lowest BCUT2D eigenvalue weighted by molar-refractivity contribution is -0.146. The van der Waals surface area contributed by atoms with Crippen molar-refractivity contribution < 1.29 is 14.3 Å². The summed E-state index contributed by atoms with van der Waals surface area (Å²) in [6.07, 6.45) is 3.75. The maximum atomic E-state index is 12.4. The van der Waals surface area contributed by atoms with E-state index in [1.807, 2.05) is 4.90 Å². The second-order valence-electron chi connectivity index (χ2n) is 5.06. The number of nitrogens with two attached hydrogens (primary N) is 1. The molecule has 1 atom stereocenters. The second-order valence-corrected chi connectivity index (χ2v) is 5.06. The summed E-state index contributed by atoms with van der Waals surface area (Å²) in [4.78, 5) is 14.2. The summed E-state index contributed by atoms with van der Waals surface area (Å²) < 4.78 is 10.6. The van der Waals surface area contributed by atoms with Crippen LogP contribution in [0.15, 0.2) is 0 Å². The van der Waals surface area contributed by atoms with E-state index in [0.29, 0.717) is 26.3 Å². The Kier molecular flexibility index (Phi) is 5.85. The molecule has 0 aromatic rings. The monoisotopic (exact) mass is 278 g/mol. The number of carbonyl (C=O) groups is 1. The van der Waals surface area contributed by atoms with Gasteiger partial charge in [-0.1, -0.05) is 12.8 Å². The average Bonchev–Trinajstić information content (AvgIpc) is 2.77. The predicted molar refractivity (Wildman–Crippen MR) is 70.8 cm³/mol. The molecule has 2 N–H and O–H groups in total. The Labute approximate surface area is 114 Å². The van der Waals surface area contributed by atoms with Crippen LogP contribution in [0.2, 0.25) is 0 Å². The number of hydrogen-bond acceptors (Lipinski definition) is 4. The van der Waals surface area contributed by atoms with E-state index in [0.717, 1.165) is 25.7 Å². The molecule has 6 heteroatoms. The van der Waals surface area contributed by atoms with E-state index >= 15 is 0 Å². The molecule has 5 nitrogen and oxygen atoms in total. The topological polar surface area (TPSA) is 64.8 Å². The third kappa shape index (κ3) is 3.35. The van der Waals surface area contributed by atoms with Crippen molar-refractivity contribution in [3.63, 3.8) is 0 Å². The summed E-state index contributed by atoms with van der Waals surface area (Å²) in [5.41, 5.74) is 5.57. The van der Waals surface area contributed by atoms with Crippen LogP contribution >= 0.6 is 12.4 Å². The van der Waals surface area contributed by atoms with Gasteiger partial charge in [0, 0.05) is 20.2 Å². The Morgan fingerprint density at radius 2 is 2.17 bits per heavy atom. The Morgan fingerprint density at radius 3 is 2.78 bits per heavy atom. The van der Waals surface area contributed by atoms with Crippen LogP contribution in [-0.2, 0) is 14.3 Å². The number of methoxy groups -OCH3 is 1. The summed E-state index contributed by atoms with van der Waals surface area (Å²) in [5.74, 6) is 0.0967. The van der Waals surface area contributed by atoms with Gasteiger partial charge in [0.05, 0.1) is 24.9 Å². The smallest absolute Gasteiger partial charge is 0.242 e. The molecule has 1 saturated carbocycles. The van der Waals surface area contributed by atoms with Crippen molar-refractivity contribution >= 4 is 18.3 Å². The van der Waals surface area contributed by atoms with E-state index in [9.17, 15) is 4.79 Å². The van der Waals surface area contributed by atoms with Crippen molar-refractivity contribution in [1.29, 1.82) is 0 Å². The molecule has 2 rings (SSSR count). The Balaban J connectivity index is 0.00000162. The lowest BCUT2D eigenvalue weighted by atomic mass is 9.96. The first-order chi connectivity index (χ1) is 8.15. The molecule has 1 saturated heterocycles. The fraction of sp³-hybridized carbons (Fsp3) is 0.917. The van der Waals surface area contributed by atoms with E-state index in [2.05, 4.69) is 0 Å². The minimum Gasteiger partial charge on any atom is -0.382 e. The fourth-order valence-corrected chi connectivity index (χ4v) is 2.73. The Hall–Kier alpha value is -0.360. The van der Waals surface area contributed by atoms with Crippen LogP contribution in [0, 0.1) is 0 Å². The standard InChI is InChI=1S/C12H22N2O3.ClH/c1-16-9-10-8-14(6-7-17-10)11(15)12(13)4-2-3-5-12;/h10H,2-9,13H2,1H3;1H. The van der Waals surface area contributed by atoms with Crippen molar-refractivity contribution in [2.45, 2.75) is 37.3 Å². The fourth-order valence-electron chi connectivity index (χ4n) is 2.73. The number of carbonyl (C=O) groups excluding carboxylic acids is 1. The first-order valence-corrected chi connectivity index (χ1v) is 6.34. The number of ether oxygens (including phenoxy) is 2. The summed E-state index contributed by atoms with van der Waals surface area (Å²) in [5, 5.41) is 0. The number of rotatable bonds is 3. The van der Waals surface area contributed by atoms with Gasteiger partial charge in [-0.15, -0.1) is 12.4 Å². The number of hydrogen-bond donors (Lipinski definition) is 1. The van der Waals surface area contributed by atoms with Crippen molar-refractivity contribution in [1.82, 2.24) is 4.90 Å². The van der Waals surface area contributed by atoms with Gasteiger partial charge >= 0.3 is 0 Å².